The maximum Gasteiger partial charge on any atom is 0.119 e. The molecule has 0 radical (unpaired) electrons. The molecule has 3 rings (SSSR count). The predicted octanol–water partition coefficient (Wildman–Crippen LogP) is 5.04. The molecule has 1 heteroatoms. The van der Waals surface area contributed by atoms with Gasteiger partial charge in [0, 0.05) is 0 Å². The van der Waals surface area contributed by atoms with Crippen LogP contribution in [0.5, 0.6) is 5.75 Å². The van der Waals surface area contributed by atoms with Gasteiger partial charge in [0.15, 0.2) is 0 Å². The molecule has 2 aliphatic rings. The summed E-state index contributed by atoms with van der Waals surface area (Å²) in [5.41, 5.74) is 3.63. The van der Waals surface area contributed by atoms with Gasteiger partial charge >= 0.3 is 0 Å². The van der Waals surface area contributed by atoms with Gasteiger partial charge in [-0.25, -0.2) is 0 Å². The van der Waals surface area contributed by atoms with Gasteiger partial charge in [0.05, 0.1) is 7.11 Å². The van der Waals surface area contributed by atoms with E-state index < -0.39 is 0 Å². The summed E-state index contributed by atoms with van der Waals surface area (Å²) < 4.78 is 5.48. The standard InChI is InChI=1S/C18H26O/c1-13-9-11-18(10-5-4-6-14(18)2)17-12-15(19-3)7-8-16(13)17/h7-8,12-14H,4-6,9-11H2,1-3H3/t13?,14-,18-/m1/s1. The lowest BCUT2D eigenvalue weighted by Crippen LogP contribution is -2.40. The third kappa shape index (κ3) is 1.98. The average Bonchev–Trinajstić information content (AvgIpc) is 2.45. The van der Waals surface area contributed by atoms with Crippen LogP contribution in [0.15, 0.2) is 18.2 Å². The van der Waals surface area contributed by atoms with Crippen LogP contribution in [0, 0.1) is 5.92 Å². The molecule has 1 fully saturated rings. The molecule has 0 N–H and O–H groups in total. The van der Waals surface area contributed by atoms with E-state index in [1.807, 2.05) is 0 Å². The summed E-state index contributed by atoms with van der Waals surface area (Å²) in [5.74, 6) is 2.56. The first-order valence-electron chi connectivity index (χ1n) is 7.86. The first-order valence-corrected chi connectivity index (χ1v) is 7.86. The highest BCUT2D eigenvalue weighted by atomic mass is 16.5. The van der Waals surface area contributed by atoms with Crippen LogP contribution in [0.3, 0.4) is 0 Å². The van der Waals surface area contributed by atoms with Gasteiger partial charge in [0.25, 0.3) is 0 Å². The topological polar surface area (TPSA) is 9.23 Å². The maximum atomic E-state index is 5.48. The Morgan fingerprint density at radius 1 is 1.11 bits per heavy atom. The molecule has 1 aromatic carbocycles. The van der Waals surface area contributed by atoms with Gasteiger partial charge in [-0.05, 0) is 66.2 Å². The summed E-state index contributed by atoms with van der Waals surface area (Å²) in [7, 11) is 1.78. The first-order chi connectivity index (χ1) is 9.17. The minimum absolute atomic E-state index is 0.439. The number of benzene rings is 1. The maximum absolute atomic E-state index is 5.48. The van der Waals surface area contributed by atoms with Crippen LogP contribution in [0.2, 0.25) is 0 Å². The Labute approximate surface area is 117 Å². The van der Waals surface area contributed by atoms with E-state index in [0.717, 1.165) is 11.7 Å². The highest BCUT2D eigenvalue weighted by Crippen LogP contribution is 2.53. The van der Waals surface area contributed by atoms with Crippen LogP contribution in [-0.4, -0.2) is 7.11 Å². The summed E-state index contributed by atoms with van der Waals surface area (Å²) in [5, 5.41) is 0. The summed E-state index contributed by atoms with van der Waals surface area (Å²) >= 11 is 0. The van der Waals surface area contributed by atoms with E-state index in [1.165, 1.54) is 38.5 Å². The van der Waals surface area contributed by atoms with E-state index >= 15 is 0 Å². The molecule has 1 nitrogen and oxygen atoms in total. The zero-order chi connectivity index (χ0) is 13.5. The fourth-order valence-corrected chi connectivity index (χ4v) is 4.47. The Kier molecular flexibility index (Phi) is 3.32. The number of hydrogen-bond acceptors (Lipinski definition) is 1. The second-order valence-corrected chi connectivity index (χ2v) is 6.70. The lowest BCUT2D eigenvalue weighted by Gasteiger charge is -2.48. The summed E-state index contributed by atoms with van der Waals surface area (Å²) in [6.45, 7) is 4.85. The zero-order valence-corrected chi connectivity index (χ0v) is 12.5. The molecular weight excluding hydrogens is 232 g/mol. The molecule has 0 aliphatic heterocycles. The van der Waals surface area contributed by atoms with Crippen molar-refractivity contribution >= 4 is 0 Å². The Balaban J connectivity index is 2.12. The van der Waals surface area contributed by atoms with Crippen molar-refractivity contribution in [2.75, 3.05) is 7.11 Å². The molecule has 1 unspecified atom stereocenters. The highest BCUT2D eigenvalue weighted by molar-refractivity contribution is 5.45. The Hall–Kier alpha value is -0.980. The number of hydrogen-bond donors (Lipinski definition) is 0. The lowest BCUT2D eigenvalue weighted by molar-refractivity contribution is 0.167. The molecule has 0 amide bonds. The fourth-order valence-electron chi connectivity index (χ4n) is 4.47. The zero-order valence-electron chi connectivity index (χ0n) is 12.5. The Morgan fingerprint density at radius 3 is 2.68 bits per heavy atom. The molecule has 19 heavy (non-hydrogen) atoms. The van der Waals surface area contributed by atoms with Crippen molar-refractivity contribution in [3.63, 3.8) is 0 Å². The third-order valence-corrected chi connectivity index (χ3v) is 5.80. The van der Waals surface area contributed by atoms with Crippen LogP contribution in [0.4, 0.5) is 0 Å². The first kappa shape index (κ1) is 13.0. The molecule has 2 aliphatic carbocycles. The van der Waals surface area contributed by atoms with Crippen molar-refractivity contribution in [3.8, 4) is 5.75 Å². The summed E-state index contributed by atoms with van der Waals surface area (Å²) in [4.78, 5) is 0. The molecule has 1 spiro atoms. The quantitative estimate of drug-likeness (QED) is 0.685. The van der Waals surface area contributed by atoms with E-state index in [-0.39, 0.29) is 0 Å². The van der Waals surface area contributed by atoms with E-state index in [2.05, 4.69) is 32.0 Å². The van der Waals surface area contributed by atoms with Gasteiger partial charge in [-0.1, -0.05) is 32.8 Å². The van der Waals surface area contributed by atoms with Gasteiger partial charge in [0.1, 0.15) is 5.75 Å². The van der Waals surface area contributed by atoms with Crippen LogP contribution in [0.25, 0.3) is 0 Å². The average molecular weight is 258 g/mol. The second-order valence-electron chi connectivity index (χ2n) is 6.70. The molecule has 1 aromatic rings. The van der Waals surface area contributed by atoms with Crippen LogP contribution >= 0.6 is 0 Å². The molecule has 0 bridgehead atoms. The van der Waals surface area contributed by atoms with Crippen LogP contribution in [0.1, 0.15) is 69.4 Å². The normalized spacial score (nSPS) is 34.1. The third-order valence-electron chi connectivity index (χ3n) is 5.80. The molecule has 104 valence electrons. The molecule has 0 saturated heterocycles. The van der Waals surface area contributed by atoms with Crippen LogP contribution in [-0.2, 0) is 5.41 Å². The molecule has 1 saturated carbocycles. The van der Waals surface area contributed by atoms with Gasteiger partial charge < -0.3 is 4.74 Å². The molecule has 0 heterocycles. The van der Waals surface area contributed by atoms with Gasteiger partial charge in [0.2, 0.25) is 0 Å². The second kappa shape index (κ2) is 4.85. The Bertz CT molecular complexity index is 465. The van der Waals surface area contributed by atoms with E-state index in [0.29, 0.717) is 11.3 Å². The van der Waals surface area contributed by atoms with E-state index in [9.17, 15) is 0 Å². The van der Waals surface area contributed by atoms with Crippen molar-refractivity contribution in [2.45, 2.75) is 63.7 Å². The predicted molar refractivity (Wildman–Crippen MR) is 80.0 cm³/mol. The number of rotatable bonds is 1. The number of methoxy groups -OCH3 is 1. The minimum Gasteiger partial charge on any atom is -0.497 e. The van der Waals surface area contributed by atoms with E-state index in [4.69, 9.17) is 4.74 Å². The number of ether oxygens (including phenoxy) is 1. The van der Waals surface area contributed by atoms with Crippen molar-refractivity contribution < 1.29 is 4.74 Å². The fraction of sp³-hybridized carbons (Fsp3) is 0.667. The van der Waals surface area contributed by atoms with E-state index in [1.54, 1.807) is 18.2 Å². The van der Waals surface area contributed by atoms with Crippen molar-refractivity contribution in [1.82, 2.24) is 0 Å². The van der Waals surface area contributed by atoms with Crippen molar-refractivity contribution in [1.29, 1.82) is 0 Å². The van der Waals surface area contributed by atoms with Gasteiger partial charge in [-0.15, -0.1) is 0 Å². The highest BCUT2D eigenvalue weighted by Gasteiger charge is 2.43. The minimum atomic E-state index is 0.439. The number of fused-ring (bicyclic) bond motifs is 2. The van der Waals surface area contributed by atoms with Crippen molar-refractivity contribution in [2.24, 2.45) is 5.92 Å². The Morgan fingerprint density at radius 2 is 1.95 bits per heavy atom. The lowest BCUT2D eigenvalue weighted by atomic mass is 9.56. The van der Waals surface area contributed by atoms with Gasteiger partial charge in [-0.2, -0.15) is 0 Å². The smallest absolute Gasteiger partial charge is 0.119 e. The summed E-state index contributed by atoms with van der Waals surface area (Å²) in [6, 6.07) is 6.80. The molecular formula is C18H26O. The monoisotopic (exact) mass is 258 g/mol. The molecule has 0 aromatic heterocycles. The largest absolute Gasteiger partial charge is 0.497 e. The van der Waals surface area contributed by atoms with Crippen LogP contribution < -0.4 is 4.74 Å². The summed E-state index contributed by atoms with van der Waals surface area (Å²) in [6.07, 6.45) is 8.30. The van der Waals surface area contributed by atoms with Crippen molar-refractivity contribution in [3.05, 3.63) is 29.3 Å². The molecule has 3 atom stereocenters. The SMILES string of the molecule is COc1ccc2c(c1)[C@]1(CCCC[C@H]1C)CCC2C. The van der Waals surface area contributed by atoms with Gasteiger partial charge in [-0.3, -0.25) is 0 Å².